The molecule has 124 valence electrons. The van der Waals surface area contributed by atoms with Gasteiger partial charge < -0.3 is 5.32 Å². The zero-order valence-electron chi connectivity index (χ0n) is 13.1. The van der Waals surface area contributed by atoms with Gasteiger partial charge in [-0.25, -0.2) is 9.82 Å². The first kappa shape index (κ1) is 17.1. The van der Waals surface area contributed by atoms with E-state index in [1.165, 1.54) is 24.8 Å². The molecule has 1 saturated carbocycles. The standard InChI is InChI=1S/C17H22FN3O2/c18-14-8-6-13(7-9-14)12-19-21-17(23)11-10-16(22)20-15-4-2-1-3-5-15/h6-9,12,15H,1-5,10-11H2,(H,20,22)(H,21,23)/b19-12+. The number of hydrazone groups is 1. The number of rotatable bonds is 6. The van der Waals surface area contributed by atoms with E-state index in [4.69, 9.17) is 0 Å². The molecular formula is C17H22FN3O2. The van der Waals surface area contributed by atoms with Crippen molar-refractivity contribution in [1.82, 2.24) is 10.7 Å². The van der Waals surface area contributed by atoms with Crippen molar-refractivity contribution in [1.29, 1.82) is 0 Å². The summed E-state index contributed by atoms with van der Waals surface area (Å²) in [5, 5.41) is 6.75. The van der Waals surface area contributed by atoms with Crippen molar-refractivity contribution >= 4 is 18.0 Å². The van der Waals surface area contributed by atoms with E-state index in [0.29, 0.717) is 5.56 Å². The fourth-order valence-electron chi connectivity index (χ4n) is 2.56. The number of nitrogens with zero attached hydrogens (tertiary/aromatic N) is 1. The number of halogens is 1. The maximum absolute atomic E-state index is 12.7. The van der Waals surface area contributed by atoms with E-state index in [2.05, 4.69) is 15.8 Å². The zero-order chi connectivity index (χ0) is 16.5. The van der Waals surface area contributed by atoms with Gasteiger partial charge in [0.05, 0.1) is 6.21 Å². The lowest BCUT2D eigenvalue weighted by molar-refractivity contribution is -0.126. The predicted molar refractivity (Wildman–Crippen MR) is 86.4 cm³/mol. The minimum absolute atomic E-state index is 0.0884. The first-order chi connectivity index (χ1) is 11.1. The Morgan fingerprint density at radius 3 is 2.43 bits per heavy atom. The molecule has 1 fully saturated rings. The second-order valence-corrected chi connectivity index (χ2v) is 5.75. The number of carbonyl (C=O) groups excluding carboxylic acids is 2. The molecular weight excluding hydrogens is 297 g/mol. The molecule has 0 unspecified atom stereocenters. The van der Waals surface area contributed by atoms with Crippen LogP contribution in [-0.2, 0) is 9.59 Å². The van der Waals surface area contributed by atoms with Crippen LogP contribution in [0, 0.1) is 5.82 Å². The molecule has 6 heteroatoms. The van der Waals surface area contributed by atoms with E-state index >= 15 is 0 Å². The highest BCUT2D eigenvalue weighted by atomic mass is 19.1. The summed E-state index contributed by atoms with van der Waals surface area (Å²) in [6, 6.07) is 6.01. The average molecular weight is 319 g/mol. The molecule has 0 radical (unpaired) electrons. The van der Waals surface area contributed by atoms with Gasteiger partial charge >= 0.3 is 0 Å². The molecule has 0 spiro atoms. The van der Waals surface area contributed by atoms with Crippen molar-refractivity contribution in [2.75, 3.05) is 0 Å². The Bertz CT molecular complexity index is 551. The van der Waals surface area contributed by atoms with Gasteiger partial charge in [-0.1, -0.05) is 31.4 Å². The molecule has 5 nitrogen and oxygen atoms in total. The van der Waals surface area contributed by atoms with E-state index < -0.39 is 0 Å². The maximum atomic E-state index is 12.7. The quantitative estimate of drug-likeness (QED) is 0.625. The first-order valence-electron chi connectivity index (χ1n) is 8.00. The summed E-state index contributed by atoms with van der Waals surface area (Å²) < 4.78 is 12.7. The van der Waals surface area contributed by atoms with E-state index in [1.54, 1.807) is 12.1 Å². The van der Waals surface area contributed by atoms with Gasteiger partial charge in [-0.2, -0.15) is 5.10 Å². The monoisotopic (exact) mass is 319 g/mol. The minimum atomic E-state index is -0.324. The van der Waals surface area contributed by atoms with Crippen LogP contribution in [-0.4, -0.2) is 24.1 Å². The van der Waals surface area contributed by atoms with Crippen molar-refractivity contribution in [3.05, 3.63) is 35.6 Å². The van der Waals surface area contributed by atoms with Gasteiger partial charge in [0, 0.05) is 18.9 Å². The highest BCUT2D eigenvalue weighted by molar-refractivity contribution is 5.85. The van der Waals surface area contributed by atoms with Gasteiger partial charge in [-0.05, 0) is 30.5 Å². The fraction of sp³-hybridized carbons (Fsp3) is 0.471. The van der Waals surface area contributed by atoms with E-state index in [0.717, 1.165) is 25.7 Å². The van der Waals surface area contributed by atoms with Crippen LogP contribution in [0.1, 0.15) is 50.5 Å². The van der Waals surface area contributed by atoms with Gasteiger partial charge in [0.15, 0.2) is 0 Å². The third-order valence-electron chi connectivity index (χ3n) is 3.82. The Morgan fingerprint density at radius 1 is 1.09 bits per heavy atom. The van der Waals surface area contributed by atoms with Gasteiger partial charge in [0.25, 0.3) is 0 Å². The van der Waals surface area contributed by atoms with Gasteiger partial charge in [-0.3, -0.25) is 9.59 Å². The number of carbonyl (C=O) groups is 2. The zero-order valence-corrected chi connectivity index (χ0v) is 13.1. The Balaban J connectivity index is 1.64. The van der Waals surface area contributed by atoms with Crippen molar-refractivity contribution < 1.29 is 14.0 Å². The number of amides is 2. The molecule has 0 saturated heterocycles. The Morgan fingerprint density at radius 2 is 1.74 bits per heavy atom. The molecule has 0 bridgehead atoms. The minimum Gasteiger partial charge on any atom is -0.353 e. The van der Waals surface area contributed by atoms with Gasteiger partial charge in [0.2, 0.25) is 11.8 Å². The Hall–Kier alpha value is -2.24. The van der Waals surface area contributed by atoms with Crippen LogP contribution >= 0.6 is 0 Å². The summed E-state index contributed by atoms with van der Waals surface area (Å²) >= 11 is 0. The molecule has 0 atom stereocenters. The third-order valence-corrected chi connectivity index (χ3v) is 3.82. The second-order valence-electron chi connectivity index (χ2n) is 5.75. The van der Waals surface area contributed by atoms with E-state index in [-0.39, 0.29) is 36.5 Å². The molecule has 1 aliphatic carbocycles. The third kappa shape index (κ3) is 6.59. The van der Waals surface area contributed by atoms with Crippen LogP contribution < -0.4 is 10.7 Å². The summed E-state index contributed by atoms with van der Waals surface area (Å²) in [7, 11) is 0. The lowest BCUT2D eigenvalue weighted by atomic mass is 9.95. The molecule has 0 heterocycles. The van der Waals surface area contributed by atoms with Crippen LogP contribution in [0.2, 0.25) is 0 Å². The van der Waals surface area contributed by atoms with E-state index in [9.17, 15) is 14.0 Å². The van der Waals surface area contributed by atoms with Crippen molar-refractivity contribution in [3.63, 3.8) is 0 Å². The fourth-order valence-corrected chi connectivity index (χ4v) is 2.56. The highest BCUT2D eigenvalue weighted by Crippen LogP contribution is 2.17. The number of hydrogen-bond donors (Lipinski definition) is 2. The second kappa shape index (κ2) is 9.02. The lowest BCUT2D eigenvalue weighted by Crippen LogP contribution is -2.36. The lowest BCUT2D eigenvalue weighted by Gasteiger charge is -2.22. The first-order valence-corrected chi connectivity index (χ1v) is 8.00. The number of hydrogen-bond acceptors (Lipinski definition) is 3. The normalized spacial score (nSPS) is 15.5. The molecule has 2 N–H and O–H groups in total. The molecule has 2 amide bonds. The van der Waals surface area contributed by atoms with Crippen LogP contribution in [0.5, 0.6) is 0 Å². The van der Waals surface area contributed by atoms with Gasteiger partial charge in [-0.15, -0.1) is 0 Å². The number of benzene rings is 1. The summed E-state index contributed by atoms with van der Waals surface area (Å²) in [6.45, 7) is 0. The maximum Gasteiger partial charge on any atom is 0.240 e. The molecule has 0 aromatic heterocycles. The Kier molecular flexibility index (Phi) is 6.72. The molecule has 1 aromatic rings. The molecule has 0 aliphatic heterocycles. The highest BCUT2D eigenvalue weighted by Gasteiger charge is 2.15. The number of nitrogens with one attached hydrogen (secondary N) is 2. The van der Waals surface area contributed by atoms with Crippen molar-refractivity contribution in [3.8, 4) is 0 Å². The molecule has 1 aromatic carbocycles. The van der Waals surface area contributed by atoms with Crippen LogP contribution in [0.4, 0.5) is 4.39 Å². The smallest absolute Gasteiger partial charge is 0.240 e. The summed E-state index contributed by atoms with van der Waals surface area (Å²) in [6.07, 6.45) is 7.29. The molecule has 23 heavy (non-hydrogen) atoms. The topological polar surface area (TPSA) is 70.6 Å². The summed E-state index contributed by atoms with van der Waals surface area (Å²) in [4.78, 5) is 23.4. The molecule has 2 rings (SSSR count). The van der Waals surface area contributed by atoms with Crippen LogP contribution in [0.15, 0.2) is 29.4 Å². The predicted octanol–water partition coefficient (Wildman–Crippen LogP) is 2.50. The SMILES string of the molecule is O=C(CCC(=O)NC1CCCCC1)N/N=C/c1ccc(F)cc1. The van der Waals surface area contributed by atoms with Crippen molar-refractivity contribution in [2.24, 2.45) is 5.10 Å². The summed E-state index contributed by atoms with van der Waals surface area (Å²) in [5.41, 5.74) is 3.04. The largest absolute Gasteiger partial charge is 0.353 e. The summed E-state index contributed by atoms with van der Waals surface area (Å²) in [5.74, 6) is -0.730. The molecule has 1 aliphatic rings. The Labute approximate surface area is 135 Å². The van der Waals surface area contributed by atoms with Gasteiger partial charge in [0.1, 0.15) is 5.82 Å². The van der Waals surface area contributed by atoms with Crippen LogP contribution in [0.25, 0.3) is 0 Å². The van der Waals surface area contributed by atoms with Crippen molar-refractivity contribution in [2.45, 2.75) is 51.0 Å². The van der Waals surface area contributed by atoms with Crippen LogP contribution in [0.3, 0.4) is 0 Å². The van der Waals surface area contributed by atoms with E-state index in [1.807, 2.05) is 0 Å². The average Bonchev–Trinajstić information content (AvgIpc) is 2.56.